The molecular formula is C12H15ClN4S. The molecule has 18 heavy (non-hydrogen) atoms. The highest BCUT2D eigenvalue weighted by molar-refractivity contribution is 7.09. The van der Waals surface area contributed by atoms with Gasteiger partial charge in [0, 0.05) is 29.1 Å². The van der Waals surface area contributed by atoms with Crippen molar-refractivity contribution in [3.8, 4) is 0 Å². The Kier molecular flexibility index (Phi) is 4.16. The first-order valence-corrected chi connectivity index (χ1v) is 6.75. The lowest BCUT2D eigenvalue weighted by molar-refractivity contribution is 0.250. The zero-order valence-electron chi connectivity index (χ0n) is 10.3. The Bertz CT molecular complexity index is 511. The van der Waals surface area contributed by atoms with Crippen LogP contribution in [-0.4, -0.2) is 21.5 Å². The van der Waals surface area contributed by atoms with Crippen LogP contribution in [0.1, 0.15) is 24.2 Å². The van der Waals surface area contributed by atoms with Gasteiger partial charge in [0.1, 0.15) is 10.7 Å². The van der Waals surface area contributed by atoms with Crippen molar-refractivity contribution in [1.29, 1.82) is 0 Å². The number of rotatable bonds is 4. The van der Waals surface area contributed by atoms with Crippen LogP contribution in [-0.2, 0) is 6.54 Å². The summed E-state index contributed by atoms with van der Waals surface area (Å²) in [5.74, 6) is 0. The second kappa shape index (κ2) is 5.65. The van der Waals surface area contributed by atoms with Crippen molar-refractivity contribution in [2.45, 2.75) is 19.5 Å². The molecule has 0 saturated heterocycles. The third kappa shape index (κ3) is 2.98. The van der Waals surface area contributed by atoms with E-state index in [1.807, 2.05) is 31.3 Å². The van der Waals surface area contributed by atoms with Crippen molar-refractivity contribution in [3.63, 3.8) is 0 Å². The minimum absolute atomic E-state index is 0.267. The van der Waals surface area contributed by atoms with Crippen molar-refractivity contribution in [2.24, 2.45) is 0 Å². The molecule has 0 amide bonds. The van der Waals surface area contributed by atoms with Gasteiger partial charge in [-0.2, -0.15) is 0 Å². The molecule has 2 aromatic rings. The van der Waals surface area contributed by atoms with Gasteiger partial charge in [0.15, 0.2) is 0 Å². The van der Waals surface area contributed by atoms with Crippen molar-refractivity contribution in [3.05, 3.63) is 40.5 Å². The molecule has 0 fully saturated rings. The first-order chi connectivity index (χ1) is 8.58. The Hall–Kier alpha value is -1.17. The highest BCUT2D eigenvalue weighted by atomic mass is 35.5. The summed E-state index contributed by atoms with van der Waals surface area (Å²) in [5, 5.41) is 5.46. The first kappa shape index (κ1) is 13.3. The third-order valence-electron chi connectivity index (χ3n) is 3.00. The molecule has 1 aromatic carbocycles. The van der Waals surface area contributed by atoms with Gasteiger partial charge in [0.2, 0.25) is 0 Å². The first-order valence-electron chi connectivity index (χ1n) is 5.60. The molecule has 0 spiro atoms. The van der Waals surface area contributed by atoms with E-state index in [9.17, 15) is 0 Å². The van der Waals surface area contributed by atoms with Crippen molar-refractivity contribution in [2.75, 3.05) is 12.8 Å². The lowest BCUT2D eigenvalue weighted by atomic mass is 10.1. The fraction of sp³-hybridized carbons (Fsp3) is 0.333. The van der Waals surface area contributed by atoms with E-state index in [1.165, 1.54) is 17.1 Å². The van der Waals surface area contributed by atoms with E-state index >= 15 is 0 Å². The monoisotopic (exact) mass is 282 g/mol. The van der Waals surface area contributed by atoms with Crippen LogP contribution in [0.25, 0.3) is 0 Å². The normalized spacial score (nSPS) is 12.9. The molecule has 4 nitrogen and oxygen atoms in total. The van der Waals surface area contributed by atoms with Crippen LogP contribution in [0.15, 0.2) is 24.3 Å². The summed E-state index contributed by atoms with van der Waals surface area (Å²) in [5.41, 5.74) is 7.85. The number of benzene rings is 1. The number of hydrogen-bond donors (Lipinski definition) is 1. The maximum atomic E-state index is 5.88. The Morgan fingerprint density at radius 2 is 2.06 bits per heavy atom. The standard InChI is InChI=1S/C12H15ClN4S/c1-8(9-3-5-10(13)6-4-9)17(2)7-11-12(14)18-16-15-11/h3-6,8H,7,14H2,1-2H3. The maximum Gasteiger partial charge on any atom is 0.132 e. The molecule has 6 heteroatoms. The fourth-order valence-electron chi connectivity index (χ4n) is 1.69. The summed E-state index contributed by atoms with van der Waals surface area (Å²) in [7, 11) is 2.04. The quantitative estimate of drug-likeness (QED) is 0.937. The van der Waals surface area contributed by atoms with Crippen LogP contribution in [0, 0.1) is 0 Å². The van der Waals surface area contributed by atoms with E-state index in [0.717, 1.165) is 10.7 Å². The van der Waals surface area contributed by atoms with Crippen LogP contribution < -0.4 is 5.73 Å². The van der Waals surface area contributed by atoms with E-state index in [1.54, 1.807) is 0 Å². The fourth-order valence-corrected chi connectivity index (χ4v) is 2.26. The average molecular weight is 283 g/mol. The van der Waals surface area contributed by atoms with E-state index < -0.39 is 0 Å². The third-order valence-corrected chi connectivity index (χ3v) is 3.85. The molecule has 0 aliphatic rings. The number of halogens is 1. The number of nitrogens with two attached hydrogens (primary N) is 1. The number of aromatic nitrogens is 2. The predicted octanol–water partition coefficient (Wildman–Crippen LogP) is 2.97. The molecule has 0 radical (unpaired) electrons. The molecule has 96 valence electrons. The molecule has 1 heterocycles. The zero-order valence-corrected chi connectivity index (χ0v) is 11.9. The number of nitrogen functional groups attached to an aromatic ring is 1. The largest absolute Gasteiger partial charge is 0.388 e. The van der Waals surface area contributed by atoms with E-state index in [-0.39, 0.29) is 6.04 Å². The van der Waals surface area contributed by atoms with Crippen LogP contribution in [0.3, 0.4) is 0 Å². The summed E-state index contributed by atoms with van der Waals surface area (Å²) < 4.78 is 3.84. The molecule has 2 N–H and O–H groups in total. The Morgan fingerprint density at radius 3 is 2.61 bits per heavy atom. The Labute approximate surface area is 116 Å². The summed E-state index contributed by atoms with van der Waals surface area (Å²) in [6, 6.07) is 8.14. The number of nitrogens with zero attached hydrogens (tertiary/aromatic N) is 3. The second-order valence-corrected chi connectivity index (χ2v) is 5.45. The number of anilines is 1. The highest BCUT2D eigenvalue weighted by Gasteiger charge is 2.14. The molecule has 1 aromatic heterocycles. The molecule has 1 unspecified atom stereocenters. The number of hydrogen-bond acceptors (Lipinski definition) is 5. The molecule has 0 bridgehead atoms. The molecule has 0 aliphatic heterocycles. The molecule has 2 rings (SSSR count). The summed E-state index contributed by atoms with van der Waals surface area (Å²) in [6.07, 6.45) is 0. The van der Waals surface area contributed by atoms with Gasteiger partial charge in [-0.25, -0.2) is 0 Å². The van der Waals surface area contributed by atoms with Crippen molar-refractivity contribution in [1.82, 2.24) is 14.5 Å². The maximum absolute atomic E-state index is 5.88. The van der Waals surface area contributed by atoms with Crippen LogP contribution in [0.2, 0.25) is 5.02 Å². The lowest BCUT2D eigenvalue weighted by Crippen LogP contribution is -2.22. The van der Waals surface area contributed by atoms with Gasteiger partial charge in [-0.05, 0) is 31.7 Å². The average Bonchev–Trinajstić information content (AvgIpc) is 2.75. The van der Waals surface area contributed by atoms with Crippen molar-refractivity contribution >= 4 is 28.1 Å². The van der Waals surface area contributed by atoms with Crippen LogP contribution in [0.5, 0.6) is 0 Å². The predicted molar refractivity (Wildman–Crippen MR) is 75.7 cm³/mol. The molecular weight excluding hydrogens is 268 g/mol. The van der Waals surface area contributed by atoms with Gasteiger partial charge in [0.25, 0.3) is 0 Å². The van der Waals surface area contributed by atoms with Crippen LogP contribution in [0.4, 0.5) is 5.00 Å². The molecule has 0 aliphatic carbocycles. The summed E-state index contributed by atoms with van der Waals surface area (Å²) in [6.45, 7) is 2.82. The van der Waals surface area contributed by atoms with Gasteiger partial charge in [-0.1, -0.05) is 28.2 Å². The molecule has 1 atom stereocenters. The highest BCUT2D eigenvalue weighted by Crippen LogP contribution is 2.23. The van der Waals surface area contributed by atoms with E-state index in [4.69, 9.17) is 17.3 Å². The van der Waals surface area contributed by atoms with Crippen molar-refractivity contribution < 1.29 is 0 Å². The van der Waals surface area contributed by atoms with E-state index in [0.29, 0.717) is 11.5 Å². The van der Waals surface area contributed by atoms with Crippen LogP contribution >= 0.6 is 23.1 Å². The SMILES string of the molecule is CC(c1ccc(Cl)cc1)N(C)Cc1nnsc1N. The zero-order chi connectivity index (χ0) is 13.1. The topological polar surface area (TPSA) is 55.0 Å². The summed E-state index contributed by atoms with van der Waals surface area (Å²) >= 11 is 7.11. The smallest absolute Gasteiger partial charge is 0.132 e. The second-order valence-electron chi connectivity index (χ2n) is 4.23. The lowest BCUT2D eigenvalue weighted by Gasteiger charge is -2.24. The van der Waals surface area contributed by atoms with Gasteiger partial charge in [-0.15, -0.1) is 5.10 Å². The summed E-state index contributed by atoms with van der Waals surface area (Å²) in [4.78, 5) is 2.18. The van der Waals surface area contributed by atoms with Gasteiger partial charge < -0.3 is 5.73 Å². The van der Waals surface area contributed by atoms with Gasteiger partial charge in [0.05, 0.1) is 0 Å². The van der Waals surface area contributed by atoms with E-state index in [2.05, 4.69) is 21.4 Å². The van der Waals surface area contributed by atoms with Gasteiger partial charge in [-0.3, -0.25) is 4.90 Å². The minimum Gasteiger partial charge on any atom is -0.388 e. The van der Waals surface area contributed by atoms with Gasteiger partial charge >= 0.3 is 0 Å². The Morgan fingerprint density at radius 1 is 1.39 bits per heavy atom. The Balaban J connectivity index is 2.07. The molecule has 0 saturated carbocycles. The minimum atomic E-state index is 0.267.